The van der Waals surface area contributed by atoms with Gasteiger partial charge in [0.05, 0.1) is 11.4 Å². The van der Waals surface area contributed by atoms with Gasteiger partial charge in [-0.05, 0) is 68.8 Å². The SMILES string of the molecule is CCCCN1C(=O)/C(=C2/Sc3ccc(Cl)cc3N2CC)SC1=Nc1ccc(C)cc1C. The van der Waals surface area contributed by atoms with Crippen molar-refractivity contribution in [1.29, 1.82) is 0 Å². The highest BCUT2D eigenvalue weighted by Gasteiger charge is 2.39. The van der Waals surface area contributed by atoms with Crippen LogP contribution in [0, 0.1) is 13.8 Å². The molecule has 2 aliphatic heterocycles. The van der Waals surface area contributed by atoms with Crippen molar-refractivity contribution in [2.24, 2.45) is 4.99 Å². The molecule has 4 rings (SSSR count). The number of benzene rings is 2. The molecule has 0 aromatic heterocycles. The number of aliphatic imine (C=N–C) groups is 1. The number of carbonyl (C=O) groups excluding carboxylic acids is 1. The number of hydrogen-bond acceptors (Lipinski definition) is 5. The first-order chi connectivity index (χ1) is 14.9. The fraction of sp³-hybridized carbons (Fsp3) is 0.333. The average Bonchev–Trinajstić information content (AvgIpc) is 3.25. The molecule has 0 aliphatic carbocycles. The summed E-state index contributed by atoms with van der Waals surface area (Å²) in [6, 6.07) is 12.1. The van der Waals surface area contributed by atoms with Crippen molar-refractivity contribution in [3.63, 3.8) is 0 Å². The zero-order chi connectivity index (χ0) is 22.1. The van der Waals surface area contributed by atoms with Gasteiger partial charge in [0, 0.05) is 23.0 Å². The molecule has 4 nitrogen and oxygen atoms in total. The minimum Gasteiger partial charge on any atom is -0.334 e. The van der Waals surface area contributed by atoms with Gasteiger partial charge in [-0.15, -0.1) is 0 Å². The Morgan fingerprint density at radius 1 is 1.03 bits per heavy atom. The predicted octanol–water partition coefficient (Wildman–Crippen LogP) is 7.12. The van der Waals surface area contributed by atoms with Crippen LogP contribution in [0.4, 0.5) is 11.4 Å². The molecule has 2 aliphatic rings. The fourth-order valence-corrected chi connectivity index (χ4v) is 6.26. The van der Waals surface area contributed by atoms with Crippen LogP contribution < -0.4 is 4.90 Å². The van der Waals surface area contributed by atoms with Gasteiger partial charge in [0.2, 0.25) is 0 Å². The molecule has 2 aromatic rings. The number of aryl methyl sites for hydroxylation is 2. The van der Waals surface area contributed by atoms with E-state index in [0.29, 0.717) is 11.6 Å². The number of nitrogens with zero attached hydrogens (tertiary/aromatic N) is 3. The van der Waals surface area contributed by atoms with Crippen LogP contribution in [0.3, 0.4) is 0 Å². The summed E-state index contributed by atoms with van der Waals surface area (Å²) in [6.07, 6.45) is 1.97. The van der Waals surface area contributed by atoms with E-state index in [9.17, 15) is 4.79 Å². The zero-order valence-corrected chi connectivity index (χ0v) is 20.6. The van der Waals surface area contributed by atoms with E-state index >= 15 is 0 Å². The van der Waals surface area contributed by atoms with Gasteiger partial charge >= 0.3 is 0 Å². The quantitative estimate of drug-likeness (QED) is 0.435. The first-order valence-corrected chi connectivity index (χ1v) is 12.6. The number of amidine groups is 1. The molecule has 0 atom stereocenters. The Bertz CT molecular complexity index is 1100. The second kappa shape index (κ2) is 9.31. The van der Waals surface area contributed by atoms with Gasteiger partial charge in [-0.3, -0.25) is 9.69 Å². The third-order valence-corrected chi connectivity index (χ3v) is 7.95. The highest BCUT2D eigenvalue weighted by molar-refractivity contribution is 8.19. The summed E-state index contributed by atoms with van der Waals surface area (Å²) >= 11 is 9.38. The lowest BCUT2D eigenvalue weighted by Gasteiger charge is -2.19. The highest BCUT2D eigenvalue weighted by atomic mass is 35.5. The number of fused-ring (bicyclic) bond motifs is 1. The normalized spacial score (nSPS) is 19.6. The number of rotatable bonds is 5. The van der Waals surface area contributed by atoms with Crippen molar-refractivity contribution in [1.82, 2.24) is 4.90 Å². The summed E-state index contributed by atoms with van der Waals surface area (Å²) in [4.78, 5) is 24.3. The Morgan fingerprint density at radius 2 is 1.84 bits per heavy atom. The maximum absolute atomic E-state index is 13.5. The van der Waals surface area contributed by atoms with Crippen molar-refractivity contribution in [2.45, 2.75) is 45.4 Å². The molecule has 0 bridgehead atoms. The zero-order valence-electron chi connectivity index (χ0n) is 18.2. The molecule has 1 fully saturated rings. The molecule has 7 heteroatoms. The van der Waals surface area contributed by atoms with E-state index < -0.39 is 0 Å². The van der Waals surface area contributed by atoms with E-state index in [-0.39, 0.29) is 5.91 Å². The molecule has 1 amide bonds. The molecule has 2 heterocycles. The van der Waals surface area contributed by atoms with Crippen LogP contribution in [0.5, 0.6) is 0 Å². The Kier molecular flexibility index (Phi) is 6.70. The minimum absolute atomic E-state index is 0.0433. The summed E-state index contributed by atoms with van der Waals surface area (Å²) in [5.74, 6) is 0.0433. The number of amides is 1. The topological polar surface area (TPSA) is 35.9 Å². The molecule has 0 N–H and O–H groups in total. The third-order valence-electron chi connectivity index (χ3n) is 5.34. The first-order valence-electron chi connectivity index (χ1n) is 10.6. The van der Waals surface area contributed by atoms with E-state index in [1.54, 1.807) is 11.8 Å². The van der Waals surface area contributed by atoms with Gasteiger partial charge < -0.3 is 4.90 Å². The van der Waals surface area contributed by atoms with Crippen LogP contribution in [-0.4, -0.2) is 29.1 Å². The number of unbranched alkanes of at least 4 members (excludes halogenated alkanes) is 1. The van der Waals surface area contributed by atoms with Crippen molar-refractivity contribution in [3.05, 3.63) is 62.5 Å². The van der Waals surface area contributed by atoms with Crippen LogP contribution in [0.1, 0.15) is 37.8 Å². The standard InChI is InChI=1S/C24H26ClN3OS2/c1-5-7-12-28-22(29)21(31-24(28)26-18-10-8-15(3)13-16(18)4)23-27(6-2)19-14-17(25)9-11-20(19)30-23/h8-11,13-14H,5-7,12H2,1-4H3/b23-21-,26-24?. The molecule has 2 aromatic carbocycles. The molecule has 162 valence electrons. The summed E-state index contributed by atoms with van der Waals surface area (Å²) < 4.78 is 0. The smallest absolute Gasteiger partial charge is 0.269 e. The molecule has 31 heavy (non-hydrogen) atoms. The summed E-state index contributed by atoms with van der Waals surface area (Å²) in [5.41, 5.74) is 4.30. The van der Waals surface area contributed by atoms with Gasteiger partial charge in [-0.1, -0.05) is 54.4 Å². The number of hydrogen-bond donors (Lipinski definition) is 0. The van der Waals surface area contributed by atoms with Crippen molar-refractivity contribution >= 4 is 57.6 Å². The van der Waals surface area contributed by atoms with Crippen LogP contribution in [0.15, 0.2) is 56.2 Å². The summed E-state index contributed by atoms with van der Waals surface area (Å²) in [5, 5.41) is 2.44. The number of halogens is 1. The third kappa shape index (κ3) is 4.38. The van der Waals surface area contributed by atoms with E-state index in [1.165, 1.54) is 17.3 Å². The monoisotopic (exact) mass is 471 g/mol. The van der Waals surface area contributed by atoms with Gasteiger partial charge in [-0.2, -0.15) is 0 Å². The maximum Gasteiger partial charge on any atom is 0.269 e. The number of thioether (sulfide) groups is 2. The Morgan fingerprint density at radius 3 is 2.55 bits per heavy atom. The van der Waals surface area contributed by atoms with Gasteiger partial charge in [0.1, 0.15) is 9.93 Å². The lowest BCUT2D eigenvalue weighted by molar-refractivity contribution is -0.122. The van der Waals surface area contributed by atoms with E-state index in [4.69, 9.17) is 16.6 Å². The van der Waals surface area contributed by atoms with Gasteiger partial charge in [0.15, 0.2) is 5.17 Å². The van der Waals surface area contributed by atoms with Crippen molar-refractivity contribution in [3.8, 4) is 0 Å². The fourth-order valence-electron chi connectivity index (χ4n) is 3.70. The second-order valence-corrected chi connectivity index (χ2v) is 10.1. The van der Waals surface area contributed by atoms with Gasteiger partial charge in [0.25, 0.3) is 5.91 Å². The lowest BCUT2D eigenvalue weighted by Crippen LogP contribution is -2.30. The lowest BCUT2D eigenvalue weighted by atomic mass is 10.1. The summed E-state index contributed by atoms with van der Waals surface area (Å²) in [7, 11) is 0. The molecule has 0 radical (unpaired) electrons. The van der Waals surface area contributed by atoms with E-state index in [0.717, 1.165) is 56.3 Å². The second-order valence-electron chi connectivity index (χ2n) is 7.69. The van der Waals surface area contributed by atoms with Crippen molar-refractivity contribution in [2.75, 3.05) is 18.0 Å². The molecule has 0 spiro atoms. The summed E-state index contributed by atoms with van der Waals surface area (Å²) in [6.45, 7) is 9.83. The largest absolute Gasteiger partial charge is 0.334 e. The van der Waals surface area contributed by atoms with Crippen LogP contribution in [0.25, 0.3) is 0 Å². The molecule has 0 unspecified atom stereocenters. The van der Waals surface area contributed by atoms with Crippen molar-refractivity contribution < 1.29 is 4.79 Å². The first kappa shape index (κ1) is 22.3. The predicted molar refractivity (Wildman–Crippen MR) is 135 cm³/mol. The highest BCUT2D eigenvalue weighted by Crippen LogP contribution is 2.51. The van der Waals surface area contributed by atoms with Crippen LogP contribution in [0.2, 0.25) is 5.02 Å². The molecule has 1 saturated heterocycles. The number of carbonyl (C=O) groups is 1. The van der Waals surface area contributed by atoms with E-state index in [1.807, 2.05) is 29.2 Å². The van der Waals surface area contributed by atoms with Gasteiger partial charge in [-0.25, -0.2) is 4.99 Å². The average molecular weight is 472 g/mol. The Labute approximate surface area is 197 Å². The molecule has 0 saturated carbocycles. The number of anilines is 1. The van der Waals surface area contributed by atoms with E-state index in [2.05, 4.69) is 44.7 Å². The minimum atomic E-state index is 0.0433. The Hall–Kier alpha value is -1.89. The van der Waals surface area contributed by atoms with Crippen LogP contribution >= 0.6 is 35.1 Å². The maximum atomic E-state index is 13.5. The van der Waals surface area contributed by atoms with Crippen LogP contribution in [-0.2, 0) is 4.79 Å². The Balaban J connectivity index is 1.76. The molecular weight excluding hydrogens is 446 g/mol. The molecular formula is C24H26ClN3OS2.